The first-order chi connectivity index (χ1) is 26.7. The van der Waals surface area contributed by atoms with Crippen molar-refractivity contribution in [2.45, 2.75) is 0 Å². The third-order valence-electron chi connectivity index (χ3n) is 8.11. The summed E-state index contributed by atoms with van der Waals surface area (Å²) in [6, 6.07) is 58.7. The Morgan fingerprint density at radius 2 is 1.00 bits per heavy atom. The van der Waals surface area contributed by atoms with Gasteiger partial charge in [0.05, 0.1) is 11.9 Å². The van der Waals surface area contributed by atoms with Crippen LogP contribution in [-0.4, -0.2) is 19.9 Å². The summed E-state index contributed by atoms with van der Waals surface area (Å²) in [5, 5.41) is 12.9. The second kappa shape index (κ2) is 20.2. The van der Waals surface area contributed by atoms with Crippen molar-refractivity contribution in [1.82, 2.24) is 29.9 Å². The first kappa shape index (κ1) is 40.6. The fraction of sp³-hybridized carbons (Fsp3) is 0. The minimum Gasteiger partial charge on any atom is -0.481 e. The van der Waals surface area contributed by atoms with Crippen LogP contribution in [0.25, 0.3) is 71.2 Å². The van der Waals surface area contributed by atoms with Gasteiger partial charge in [0.2, 0.25) is 0 Å². The number of nitriles is 1. The van der Waals surface area contributed by atoms with E-state index in [-0.39, 0.29) is 42.1 Å². The molecule has 56 heavy (non-hydrogen) atoms. The van der Waals surface area contributed by atoms with Gasteiger partial charge in [-0.05, 0) is 67.8 Å². The van der Waals surface area contributed by atoms with E-state index in [4.69, 9.17) is 11.8 Å². The predicted octanol–water partition coefficient (Wildman–Crippen LogP) is 10.2. The summed E-state index contributed by atoms with van der Waals surface area (Å²) < 4.78 is 0. The second-order valence-corrected chi connectivity index (χ2v) is 11.6. The van der Waals surface area contributed by atoms with Gasteiger partial charge in [-0.3, -0.25) is 0 Å². The van der Waals surface area contributed by atoms with Crippen LogP contribution < -0.4 is 9.97 Å². The van der Waals surface area contributed by atoms with E-state index in [0.29, 0.717) is 22.8 Å². The average molecular weight is 1080 g/mol. The molecule has 0 spiro atoms. The molecule has 0 aliphatic carbocycles. The summed E-state index contributed by atoms with van der Waals surface area (Å²) in [5.41, 5.74) is 7.59. The zero-order valence-corrected chi connectivity index (χ0v) is 33.9. The maximum atomic E-state index is 8.73. The molecule has 4 aromatic carbocycles. The molecule has 0 N–H and O–H groups in total. The molecule has 10 rings (SSSR count). The minimum atomic E-state index is 0. The monoisotopic (exact) mass is 1080 g/mol. The molecular weight excluding hydrogens is 1050 g/mol. The number of nitrogens with zero attached hydrogens (tertiary/aromatic N) is 8. The second-order valence-electron chi connectivity index (χ2n) is 11.6. The first-order valence-electron chi connectivity index (χ1n) is 16.9. The number of benzene rings is 4. The fourth-order valence-corrected chi connectivity index (χ4v) is 5.58. The van der Waals surface area contributed by atoms with Crippen LogP contribution in [0.3, 0.4) is 0 Å². The van der Waals surface area contributed by atoms with Crippen molar-refractivity contribution in [3.63, 3.8) is 0 Å². The van der Waals surface area contributed by atoms with E-state index in [2.05, 4.69) is 46.9 Å². The summed E-state index contributed by atoms with van der Waals surface area (Å²) >= 11 is 0. The zero-order chi connectivity index (χ0) is 37.0. The molecule has 8 nitrogen and oxygen atoms in total. The smallest absolute Gasteiger partial charge is 0.481 e. The summed E-state index contributed by atoms with van der Waals surface area (Å²) in [6.07, 6.45) is 3.58. The number of pyridine rings is 4. The number of aromatic nitrogens is 6. The average Bonchev–Trinajstić information content (AvgIpc) is 3.83. The largest absolute Gasteiger partial charge is 2.00 e. The number of hydrogen-bond acceptors (Lipinski definition) is 5. The number of hydrogen-bond donors (Lipinski definition) is 0. The van der Waals surface area contributed by atoms with E-state index in [1.807, 2.05) is 152 Å². The molecule has 0 aliphatic heterocycles. The normalized spacial score (nSPS) is 9.82. The Bertz CT molecular complexity index is 2570. The Kier molecular flexibility index (Phi) is 14.7. The fourth-order valence-electron chi connectivity index (χ4n) is 5.58. The van der Waals surface area contributed by atoms with Crippen molar-refractivity contribution in [3.05, 3.63) is 199 Å². The van der Waals surface area contributed by atoms with Crippen LogP contribution in [0.2, 0.25) is 0 Å². The van der Waals surface area contributed by atoms with Crippen LogP contribution in [-0.2, 0) is 42.1 Å². The molecule has 0 aliphatic rings. The molecule has 6 heterocycles. The molecular formula is C46H28N8Pt2. The number of para-hydroxylation sites is 2. The van der Waals surface area contributed by atoms with Crippen molar-refractivity contribution in [2.75, 3.05) is 0 Å². The van der Waals surface area contributed by atoms with E-state index < -0.39 is 0 Å². The predicted molar refractivity (Wildman–Crippen MR) is 213 cm³/mol. The molecule has 10 aromatic rings. The van der Waals surface area contributed by atoms with E-state index in [1.54, 1.807) is 24.5 Å². The van der Waals surface area contributed by atoms with Gasteiger partial charge >= 0.3 is 42.1 Å². The van der Waals surface area contributed by atoms with Gasteiger partial charge in [0.25, 0.3) is 0 Å². The van der Waals surface area contributed by atoms with Crippen LogP contribution >= 0.6 is 0 Å². The van der Waals surface area contributed by atoms with Crippen LogP contribution in [0.1, 0.15) is 5.69 Å². The van der Waals surface area contributed by atoms with Crippen molar-refractivity contribution in [2.24, 2.45) is 0 Å². The van der Waals surface area contributed by atoms with Crippen LogP contribution in [0, 0.1) is 30.0 Å². The summed E-state index contributed by atoms with van der Waals surface area (Å²) in [5.74, 6) is 0.394. The van der Waals surface area contributed by atoms with Crippen LogP contribution in [0.15, 0.2) is 170 Å². The zero-order valence-electron chi connectivity index (χ0n) is 29.4. The summed E-state index contributed by atoms with van der Waals surface area (Å²) in [4.78, 5) is 28.8. The number of fused-ring (bicyclic) bond motifs is 6. The Morgan fingerprint density at radius 3 is 1.46 bits per heavy atom. The van der Waals surface area contributed by atoms with Gasteiger partial charge in [-0.2, -0.15) is 5.26 Å². The minimum absolute atomic E-state index is 0. The SMILES string of the molecule is N#Cc1ccc2c(n1)[n-]c1ccccc12.[C-]#[N+]c1ccc2c(n1)[n-]c1ccccc12.[Pt+2].[Pt+2].[c-]1ccccc1-c1ccccn1.[c-]1ccccc1-c1ccccn1. The maximum absolute atomic E-state index is 8.73. The number of rotatable bonds is 2. The molecule has 0 saturated heterocycles. The van der Waals surface area contributed by atoms with Gasteiger partial charge in [0.1, 0.15) is 0 Å². The Balaban J connectivity index is 0.000000142. The van der Waals surface area contributed by atoms with Crippen molar-refractivity contribution < 1.29 is 42.1 Å². The van der Waals surface area contributed by atoms with Gasteiger partial charge in [0.15, 0.2) is 0 Å². The van der Waals surface area contributed by atoms with Crippen molar-refractivity contribution in [1.29, 1.82) is 5.26 Å². The van der Waals surface area contributed by atoms with E-state index in [9.17, 15) is 0 Å². The molecule has 6 aromatic heterocycles. The molecule has 0 bridgehead atoms. The molecule has 272 valence electrons. The topological polar surface area (TPSA) is 108 Å². The summed E-state index contributed by atoms with van der Waals surface area (Å²) in [7, 11) is 0. The molecule has 0 fully saturated rings. The first-order valence-corrected chi connectivity index (χ1v) is 16.9. The van der Waals surface area contributed by atoms with Crippen LogP contribution in [0.5, 0.6) is 0 Å². The molecule has 0 unspecified atom stereocenters. The quantitative estimate of drug-likeness (QED) is 0.159. The van der Waals surface area contributed by atoms with E-state index in [0.717, 1.165) is 55.1 Å². The maximum Gasteiger partial charge on any atom is 2.00 e. The van der Waals surface area contributed by atoms with Gasteiger partial charge in [-0.25, -0.2) is 0 Å². The standard InChI is InChI=1S/2C12H6N3.2C11H8N.2Pt/c1-13-11-7-6-9-8-4-2-3-5-10(8)14-12(9)15-11;13-7-8-5-6-10-9-3-1-2-4-11(9)15-12(10)14-8;2*1-2-6-10(7-3-1)11-8-4-5-9-12-11;;/h2-7H;1-6H;2*1-6,8-9H;;/q4*-1;2*+2. The van der Waals surface area contributed by atoms with Crippen molar-refractivity contribution in [3.8, 4) is 28.6 Å². The van der Waals surface area contributed by atoms with E-state index >= 15 is 0 Å². The van der Waals surface area contributed by atoms with Crippen molar-refractivity contribution >= 4 is 49.7 Å². The molecule has 0 atom stereocenters. The van der Waals surface area contributed by atoms with Gasteiger partial charge in [0, 0.05) is 18.1 Å². The third kappa shape index (κ3) is 9.94. The van der Waals surface area contributed by atoms with E-state index in [1.165, 1.54) is 0 Å². The Labute approximate surface area is 352 Å². The van der Waals surface area contributed by atoms with Crippen LogP contribution in [0.4, 0.5) is 5.82 Å². The Hall–Kier alpha value is -6.56. The van der Waals surface area contributed by atoms with Gasteiger partial charge in [-0.1, -0.05) is 103 Å². The van der Waals surface area contributed by atoms with Gasteiger partial charge in [-0.15, -0.1) is 71.8 Å². The molecule has 0 amide bonds. The molecule has 0 radical (unpaired) electrons. The van der Waals surface area contributed by atoms with Gasteiger partial charge < -0.3 is 34.7 Å². The summed E-state index contributed by atoms with van der Waals surface area (Å²) in [6.45, 7) is 6.89. The molecule has 10 heteroatoms. The Morgan fingerprint density at radius 1 is 0.518 bits per heavy atom. The third-order valence-corrected chi connectivity index (χ3v) is 8.11. The molecule has 0 saturated carbocycles.